The van der Waals surface area contributed by atoms with E-state index < -0.39 is 0 Å². The number of benzene rings is 1. The normalized spacial score (nSPS) is 10.1. The van der Waals surface area contributed by atoms with Crippen LogP contribution in [0.25, 0.3) is 0 Å². The number of amides is 1. The van der Waals surface area contributed by atoms with E-state index in [0.717, 1.165) is 4.88 Å². The van der Waals surface area contributed by atoms with Gasteiger partial charge in [-0.15, -0.1) is 11.3 Å². The maximum Gasteiger partial charge on any atom is 0.306 e. The standard InChI is InChI=1S/C15H14ClNO3S/c16-11-3-5-12(6-4-11)17-14(18)10-20-15(19)8-7-13-2-1-9-21-13/h1-6,9H,7-8,10H2,(H,17,18). The van der Waals surface area contributed by atoms with Crippen LogP contribution >= 0.6 is 22.9 Å². The maximum absolute atomic E-state index is 11.6. The lowest BCUT2D eigenvalue weighted by atomic mass is 10.3. The number of ether oxygens (including phenoxy) is 1. The van der Waals surface area contributed by atoms with Crippen LogP contribution in [-0.2, 0) is 20.7 Å². The number of rotatable bonds is 6. The number of carbonyl (C=O) groups excluding carboxylic acids is 2. The van der Waals surface area contributed by atoms with Crippen LogP contribution in [0.15, 0.2) is 41.8 Å². The van der Waals surface area contributed by atoms with E-state index in [1.807, 2.05) is 17.5 Å². The van der Waals surface area contributed by atoms with Crippen molar-refractivity contribution >= 4 is 40.5 Å². The first-order valence-electron chi connectivity index (χ1n) is 6.37. The second-order valence-corrected chi connectivity index (χ2v) is 5.76. The smallest absolute Gasteiger partial charge is 0.306 e. The molecule has 0 saturated carbocycles. The molecule has 0 aliphatic rings. The first-order chi connectivity index (χ1) is 10.1. The van der Waals surface area contributed by atoms with Crippen molar-refractivity contribution in [1.29, 1.82) is 0 Å². The Kier molecular flexibility index (Phi) is 5.78. The van der Waals surface area contributed by atoms with E-state index >= 15 is 0 Å². The summed E-state index contributed by atoms with van der Waals surface area (Å²) in [6.07, 6.45) is 0.907. The number of nitrogens with one attached hydrogen (secondary N) is 1. The van der Waals surface area contributed by atoms with E-state index in [0.29, 0.717) is 17.1 Å². The molecule has 4 nitrogen and oxygen atoms in total. The first-order valence-corrected chi connectivity index (χ1v) is 7.62. The summed E-state index contributed by atoms with van der Waals surface area (Å²) in [6, 6.07) is 10.6. The summed E-state index contributed by atoms with van der Waals surface area (Å²) in [4.78, 5) is 24.3. The number of esters is 1. The molecule has 0 unspecified atom stereocenters. The van der Waals surface area contributed by atoms with Crippen molar-refractivity contribution in [2.75, 3.05) is 11.9 Å². The Bertz CT molecular complexity index is 596. The summed E-state index contributed by atoms with van der Waals surface area (Å²) < 4.78 is 4.93. The summed E-state index contributed by atoms with van der Waals surface area (Å²) in [5.41, 5.74) is 0.610. The van der Waals surface area contributed by atoms with Crippen LogP contribution in [0.1, 0.15) is 11.3 Å². The minimum Gasteiger partial charge on any atom is -0.456 e. The molecule has 0 atom stereocenters. The fourth-order valence-corrected chi connectivity index (χ4v) is 2.46. The molecule has 0 fully saturated rings. The van der Waals surface area contributed by atoms with Gasteiger partial charge in [0, 0.05) is 15.6 Å². The third kappa shape index (κ3) is 5.57. The number of carbonyl (C=O) groups is 2. The quantitative estimate of drug-likeness (QED) is 0.828. The second-order valence-electron chi connectivity index (χ2n) is 4.30. The van der Waals surface area contributed by atoms with Gasteiger partial charge >= 0.3 is 5.97 Å². The molecule has 0 bridgehead atoms. The van der Waals surface area contributed by atoms with E-state index in [-0.39, 0.29) is 24.9 Å². The van der Waals surface area contributed by atoms with Gasteiger partial charge in [-0.3, -0.25) is 9.59 Å². The summed E-state index contributed by atoms with van der Waals surface area (Å²) >= 11 is 7.34. The highest BCUT2D eigenvalue weighted by molar-refractivity contribution is 7.09. The Balaban J connectivity index is 1.68. The average molecular weight is 324 g/mol. The predicted molar refractivity (Wildman–Crippen MR) is 83.7 cm³/mol. The molecule has 110 valence electrons. The largest absolute Gasteiger partial charge is 0.456 e. The zero-order valence-corrected chi connectivity index (χ0v) is 12.7. The van der Waals surface area contributed by atoms with Crippen LogP contribution in [0.3, 0.4) is 0 Å². The van der Waals surface area contributed by atoms with E-state index in [4.69, 9.17) is 16.3 Å². The monoisotopic (exact) mass is 323 g/mol. The zero-order valence-electron chi connectivity index (χ0n) is 11.2. The van der Waals surface area contributed by atoms with Gasteiger partial charge in [-0.05, 0) is 42.1 Å². The van der Waals surface area contributed by atoms with Crippen LogP contribution in [0, 0.1) is 0 Å². The minimum atomic E-state index is -0.380. The Morgan fingerprint density at radius 3 is 2.62 bits per heavy atom. The topological polar surface area (TPSA) is 55.4 Å². The Morgan fingerprint density at radius 2 is 1.95 bits per heavy atom. The van der Waals surface area contributed by atoms with E-state index in [1.165, 1.54) is 0 Å². The highest BCUT2D eigenvalue weighted by Gasteiger charge is 2.08. The molecule has 1 aromatic heterocycles. The lowest BCUT2D eigenvalue weighted by Gasteiger charge is -2.06. The molecule has 1 amide bonds. The predicted octanol–water partition coefficient (Wildman–Crippen LogP) is 3.52. The van der Waals surface area contributed by atoms with Crippen LogP contribution in [0.2, 0.25) is 5.02 Å². The minimum absolute atomic E-state index is 0.273. The maximum atomic E-state index is 11.6. The summed E-state index contributed by atoms with van der Waals surface area (Å²) in [5.74, 6) is -0.753. The molecule has 0 aliphatic heterocycles. The second kappa shape index (κ2) is 7.81. The van der Waals surface area contributed by atoms with E-state index in [2.05, 4.69) is 5.32 Å². The molecular weight excluding hydrogens is 310 g/mol. The Labute approximate surface area is 131 Å². The van der Waals surface area contributed by atoms with Gasteiger partial charge < -0.3 is 10.1 Å². The van der Waals surface area contributed by atoms with Crippen molar-refractivity contribution in [3.63, 3.8) is 0 Å². The number of thiophene rings is 1. The molecule has 2 rings (SSSR count). The van der Waals surface area contributed by atoms with Crippen molar-refractivity contribution in [2.45, 2.75) is 12.8 Å². The molecule has 21 heavy (non-hydrogen) atoms. The number of hydrogen-bond acceptors (Lipinski definition) is 4. The van der Waals surface area contributed by atoms with Crippen molar-refractivity contribution < 1.29 is 14.3 Å². The van der Waals surface area contributed by atoms with Crippen LogP contribution < -0.4 is 5.32 Å². The number of anilines is 1. The van der Waals surface area contributed by atoms with Crippen molar-refractivity contribution in [2.24, 2.45) is 0 Å². The van der Waals surface area contributed by atoms with Gasteiger partial charge in [-0.2, -0.15) is 0 Å². The lowest BCUT2D eigenvalue weighted by Crippen LogP contribution is -2.20. The Morgan fingerprint density at radius 1 is 1.19 bits per heavy atom. The number of halogens is 1. The van der Waals surface area contributed by atoms with Gasteiger partial charge in [0.15, 0.2) is 6.61 Å². The molecule has 0 aliphatic carbocycles. The van der Waals surface area contributed by atoms with E-state index in [9.17, 15) is 9.59 Å². The highest BCUT2D eigenvalue weighted by atomic mass is 35.5. The fourth-order valence-electron chi connectivity index (χ4n) is 1.63. The van der Waals surface area contributed by atoms with E-state index in [1.54, 1.807) is 35.6 Å². The molecule has 0 radical (unpaired) electrons. The van der Waals surface area contributed by atoms with Crippen molar-refractivity contribution in [3.05, 3.63) is 51.7 Å². The van der Waals surface area contributed by atoms with Gasteiger partial charge in [0.2, 0.25) is 0 Å². The third-order valence-corrected chi connectivity index (χ3v) is 3.84. The van der Waals surface area contributed by atoms with Gasteiger partial charge in [-0.1, -0.05) is 17.7 Å². The van der Waals surface area contributed by atoms with Gasteiger partial charge in [0.25, 0.3) is 5.91 Å². The first kappa shape index (κ1) is 15.5. The van der Waals surface area contributed by atoms with Gasteiger partial charge in [0.05, 0.1) is 6.42 Å². The van der Waals surface area contributed by atoms with Crippen LogP contribution in [0.4, 0.5) is 5.69 Å². The molecule has 1 N–H and O–H groups in total. The molecule has 2 aromatic rings. The van der Waals surface area contributed by atoms with Crippen molar-refractivity contribution in [1.82, 2.24) is 0 Å². The van der Waals surface area contributed by atoms with Gasteiger partial charge in [0.1, 0.15) is 0 Å². The fraction of sp³-hybridized carbons (Fsp3) is 0.200. The molecule has 0 saturated heterocycles. The van der Waals surface area contributed by atoms with Crippen LogP contribution in [-0.4, -0.2) is 18.5 Å². The molecule has 6 heteroatoms. The summed E-state index contributed by atoms with van der Waals surface area (Å²) in [5, 5.41) is 5.17. The molecule has 1 heterocycles. The Hall–Kier alpha value is -1.85. The number of hydrogen-bond donors (Lipinski definition) is 1. The zero-order chi connectivity index (χ0) is 15.1. The molecule has 0 spiro atoms. The lowest BCUT2D eigenvalue weighted by molar-refractivity contribution is -0.147. The SMILES string of the molecule is O=C(COC(=O)CCc1cccs1)Nc1ccc(Cl)cc1. The average Bonchev–Trinajstić information content (AvgIpc) is 2.99. The number of aryl methyl sites for hydroxylation is 1. The van der Waals surface area contributed by atoms with Crippen molar-refractivity contribution in [3.8, 4) is 0 Å². The summed E-state index contributed by atoms with van der Waals surface area (Å²) in [7, 11) is 0. The molecule has 1 aromatic carbocycles. The van der Waals surface area contributed by atoms with Gasteiger partial charge in [-0.25, -0.2) is 0 Å². The molecular formula is C15H14ClNO3S. The third-order valence-electron chi connectivity index (χ3n) is 2.65. The summed E-state index contributed by atoms with van der Waals surface area (Å²) in [6.45, 7) is -0.286. The highest BCUT2D eigenvalue weighted by Crippen LogP contribution is 2.13. The van der Waals surface area contributed by atoms with Crippen LogP contribution in [0.5, 0.6) is 0 Å².